The largest absolute Gasteiger partial charge is 0.486 e. The highest BCUT2D eigenvalue weighted by Gasteiger charge is 2.05. The fourth-order valence-electron chi connectivity index (χ4n) is 1.27. The summed E-state index contributed by atoms with van der Waals surface area (Å²) in [6.45, 7) is 13.3. The van der Waals surface area contributed by atoms with Gasteiger partial charge in [-0.25, -0.2) is 4.39 Å². The van der Waals surface area contributed by atoms with Gasteiger partial charge in [0.2, 0.25) is 0 Å². The van der Waals surface area contributed by atoms with Gasteiger partial charge in [0, 0.05) is 0 Å². The van der Waals surface area contributed by atoms with Crippen molar-refractivity contribution >= 4 is 0 Å². The first-order valence-corrected chi connectivity index (χ1v) is 6.18. The minimum Gasteiger partial charge on any atom is -0.486 e. The zero-order chi connectivity index (χ0) is 14.0. The van der Waals surface area contributed by atoms with Crippen LogP contribution in [-0.2, 0) is 4.74 Å². The second-order valence-electron chi connectivity index (χ2n) is 4.05. The average Bonchev–Trinajstić information content (AvgIpc) is 2.32. The van der Waals surface area contributed by atoms with Gasteiger partial charge in [0.25, 0.3) is 0 Å². The highest BCUT2D eigenvalue weighted by atomic mass is 19.1. The van der Waals surface area contributed by atoms with Gasteiger partial charge in [-0.05, 0) is 38.0 Å². The van der Waals surface area contributed by atoms with Crippen LogP contribution in [0.4, 0.5) is 4.39 Å². The van der Waals surface area contributed by atoms with Gasteiger partial charge in [0.05, 0.1) is 0 Å². The molecule has 0 saturated carbocycles. The van der Waals surface area contributed by atoms with E-state index < -0.39 is 5.83 Å². The van der Waals surface area contributed by atoms with E-state index in [4.69, 9.17) is 4.74 Å². The lowest BCUT2D eigenvalue weighted by atomic mass is 10.2. The summed E-state index contributed by atoms with van der Waals surface area (Å²) in [7, 11) is 0. The van der Waals surface area contributed by atoms with Crippen molar-refractivity contribution in [1.82, 2.24) is 0 Å². The Labute approximate surface area is 110 Å². The van der Waals surface area contributed by atoms with Gasteiger partial charge < -0.3 is 4.74 Å². The van der Waals surface area contributed by atoms with Gasteiger partial charge in [-0.3, -0.25) is 0 Å². The average molecular weight is 250 g/mol. The van der Waals surface area contributed by atoms with E-state index in [1.165, 1.54) is 6.08 Å². The standard InChI is InChI=1S/C16H23FO/c1-6-9-10-14(7-2)12-18-16(8-3)15(17)11-13(4)5/h7-8,10-11H,2,4,6,9,12H2,1,3,5H3/b14-10+,15-11+,16-8+. The van der Waals surface area contributed by atoms with E-state index in [9.17, 15) is 4.39 Å². The predicted octanol–water partition coefficient (Wildman–Crippen LogP) is 5.25. The molecule has 0 aliphatic carbocycles. The molecule has 0 aliphatic rings. The summed E-state index contributed by atoms with van der Waals surface area (Å²) in [5, 5.41) is 0. The van der Waals surface area contributed by atoms with Crippen LogP contribution in [0.1, 0.15) is 33.6 Å². The molecular weight excluding hydrogens is 227 g/mol. The maximum atomic E-state index is 13.7. The molecule has 0 radical (unpaired) electrons. The molecule has 0 amide bonds. The molecule has 0 aromatic rings. The van der Waals surface area contributed by atoms with E-state index in [0.717, 1.165) is 18.4 Å². The molecule has 0 aromatic heterocycles. The Morgan fingerprint density at radius 1 is 1.39 bits per heavy atom. The van der Waals surface area contributed by atoms with Gasteiger partial charge in [-0.15, -0.1) is 0 Å². The Hall–Kier alpha value is -1.57. The Bertz CT molecular complexity index is 373. The first-order valence-electron chi connectivity index (χ1n) is 6.18. The van der Waals surface area contributed by atoms with Gasteiger partial charge in [0.1, 0.15) is 6.61 Å². The molecule has 0 unspecified atom stereocenters. The van der Waals surface area contributed by atoms with E-state index >= 15 is 0 Å². The fourth-order valence-corrected chi connectivity index (χ4v) is 1.27. The fraction of sp³-hybridized carbons (Fsp3) is 0.375. The number of halogens is 1. The first kappa shape index (κ1) is 16.4. The Morgan fingerprint density at radius 3 is 2.50 bits per heavy atom. The van der Waals surface area contributed by atoms with E-state index in [0.29, 0.717) is 12.2 Å². The summed E-state index contributed by atoms with van der Waals surface area (Å²) < 4.78 is 19.1. The van der Waals surface area contributed by atoms with Crippen LogP contribution < -0.4 is 0 Å². The summed E-state index contributed by atoms with van der Waals surface area (Å²) in [6.07, 6.45) is 8.80. The highest BCUT2D eigenvalue weighted by molar-refractivity contribution is 5.27. The maximum absolute atomic E-state index is 13.7. The van der Waals surface area contributed by atoms with E-state index in [2.05, 4.69) is 26.2 Å². The summed E-state index contributed by atoms with van der Waals surface area (Å²) in [5.74, 6) is -0.161. The lowest BCUT2D eigenvalue weighted by Gasteiger charge is -2.09. The van der Waals surface area contributed by atoms with Crippen molar-refractivity contribution in [3.05, 3.63) is 60.2 Å². The third-order valence-corrected chi connectivity index (χ3v) is 2.22. The Kier molecular flexibility index (Phi) is 8.63. The molecule has 0 aliphatic heterocycles. The molecular formula is C16H23FO. The number of hydrogen-bond acceptors (Lipinski definition) is 1. The van der Waals surface area contributed by atoms with Crippen molar-refractivity contribution < 1.29 is 9.13 Å². The summed E-state index contributed by atoms with van der Waals surface area (Å²) in [5.41, 5.74) is 1.63. The third kappa shape index (κ3) is 6.89. The minimum atomic E-state index is -0.399. The summed E-state index contributed by atoms with van der Waals surface area (Å²) in [6, 6.07) is 0. The van der Waals surface area contributed by atoms with Crippen molar-refractivity contribution in [3.63, 3.8) is 0 Å². The molecule has 0 saturated heterocycles. The number of hydrogen-bond donors (Lipinski definition) is 0. The van der Waals surface area contributed by atoms with Gasteiger partial charge >= 0.3 is 0 Å². The van der Waals surface area contributed by atoms with Crippen molar-refractivity contribution in [2.24, 2.45) is 0 Å². The molecule has 0 N–H and O–H groups in total. The van der Waals surface area contributed by atoms with E-state index in [-0.39, 0.29) is 5.76 Å². The van der Waals surface area contributed by atoms with Crippen molar-refractivity contribution in [2.75, 3.05) is 6.61 Å². The first-order chi connectivity index (χ1) is 8.54. The molecule has 0 spiro atoms. The smallest absolute Gasteiger partial charge is 0.164 e. The van der Waals surface area contributed by atoms with Crippen LogP contribution in [0.15, 0.2) is 60.2 Å². The second kappa shape index (κ2) is 9.46. The predicted molar refractivity (Wildman–Crippen MR) is 76.9 cm³/mol. The monoisotopic (exact) mass is 250 g/mol. The molecule has 0 heterocycles. The molecule has 0 rings (SSSR count). The van der Waals surface area contributed by atoms with Crippen molar-refractivity contribution in [1.29, 1.82) is 0 Å². The SMILES string of the molecule is C=C/C(=C\CCC)COC(=C/C)/C(F)=C\C(=C)C. The molecule has 18 heavy (non-hydrogen) atoms. The number of rotatable bonds is 8. The molecule has 100 valence electrons. The Balaban J connectivity index is 4.58. The van der Waals surface area contributed by atoms with Crippen LogP contribution >= 0.6 is 0 Å². The maximum Gasteiger partial charge on any atom is 0.164 e. The second-order valence-corrected chi connectivity index (χ2v) is 4.05. The zero-order valence-electron chi connectivity index (χ0n) is 11.6. The molecule has 0 aromatic carbocycles. The lowest BCUT2D eigenvalue weighted by molar-refractivity contribution is 0.236. The zero-order valence-corrected chi connectivity index (χ0v) is 11.6. The third-order valence-electron chi connectivity index (χ3n) is 2.22. The van der Waals surface area contributed by atoms with Crippen LogP contribution in [0, 0.1) is 0 Å². The van der Waals surface area contributed by atoms with E-state index in [1.54, 1.807) is 26.0 Å². The Morgan fingerprint density at radius 2 is 2.06 bits per heavy atom. The molecule has 1 nitrogen and oxygen atoms in total. The lowest BCUT2D eigenvalue weighted by Crippen LogP contribution is -1.98. The van der Waals surface area contributed by atoms with Crippen LogP contribution in [0.3, 0.4) is 0 Å². The summed E-state index contributed by atoms with van der Waals surface area (Å²) >= 11 is 0. The van der Waals surface area contributed by atoms with Crippen LogP contribution in [0.2, 0.25) is 0 Å². The van der Waals surface area contributed by atoms with Gasteiger partial charge in [0.15, 0.2) is 11.6 Å². The molecule has 0 atom stereocenters. The normalized spacial score (nSPS) is 13.4. The van der Waals surface area contributed by atoms with Gasteiger partial charge in [-0.1, -0.05) is 44.2 Å². The topological polar surface area (TPSA) is 9.23 Å². The number of unbranched alkanes of at least 4 members (excludes halogenated alkanes) is 1. The quantitative estimate of drug-likeness (QED) is 0.422. The van der Waals surface area contributed by atoms with Gasteiger partial charge in [-0.2, -0.15) is 0 Å². The van der Waals surface area contributed by atoms with Crippen molar-refractivity contribution in [2.45, 2.75) is 33.6 Å². The molecule has 0 fully saturated rings. The van der Waals surface area contributed by atoms with E-state index in [1.807, 2.05) is 0 Å². The molecule has 2 heteroatoms. The summed E-state index contributed by atoms with van der Waals surface area (Å²) in [4.78, 5) is 0. The number of ether oxygens (including phenoxy) is 1. The van der Waals surface area contributed by atoms with Crippen LogP contribution in [0.5, 0.6) is 0 Å². The highest BCUT2D eigenvalue weighted by Crippen LogP contribution is 2.16. The minimum absolute atomic E-state index is 0.238. The molecule has 0 bridgehead atoms. The number of allylic oxidation sites excluding steroid dienone is 5. The van der Waals surface area contributed by atoms with Crippen LogP contribution in [0.25, 0.3) is 0 Å². The van der Waals surface area contributed by atoms with Crippen LogP contribution in [-0.4, -0.2) is 6.61 Å². The van der Waals surface area contributed by atoms with Crippen molar-refractivity contribution in [3.8, 4) is 0 Å².